The second kappa shape index (κ2) is 5.00. The minimum atomic E-state index is -0.567. The molecule has 4 heteroatoms. The van der Waals surface area contributed by atoms with Crippen LogP contribution in [-0.4, -0.2) is 11.9 Å². The third-order valence-electron chi connectivity index (χ3n) is 3.55. The SMILES string of the molecule is O=C1OC(=O)c2cc3cc(Sc4ccccc4)ccc3cc21. The highest BCUT2D eigenvalue weighted by Gasteiger charge is 2.29. The number of hydrogen-bond acceptors (Lipinski definition) is 4. The van der Waals surface area contributed by atoms with Gasteiger partial charge in [0.15, 0.2) is 0 Å². The molecule has 0 fully saturated rings. The molecule has 0 spiro atoms. The standard InChI is InChI=1S/C18H10O3S/c19-17-15-9-11-6-7-14(22-13-4-2-1-3-5-13)8-12(11)10-16(15)18(20)21-17/h1-10H. The molecule has 106 valence electrons. The van der Waals surface area contributed by atoms with E-state index in [4.69, 9.17) is 0 Å². The molecular weight excluding hydrogens is 296 g/mol. The summed E-state index contributed by atoms with van der Waals surface area (Å²) in [5.74, 6) is -1.13. The topological polar surface area (TPSA) is 43.4 Å². The molecule has 0 unspecified atom stereocenters. The fourth-order valence-electron chi connectivity index (χ4n) is 2.50. The van der Waals surface area contributed by atoms with Crippen molar-refractivity contribution in [3.8, 4) is 0 Å². The van der Waals surface area contributed by atoms with E-state index in [2.05, 4.69) is 4.74 Å². The van der Waals surface area contributed by atoms with E-state index in [0.29, 0.717) is 11.1 Å². The first-order valence-corrected chi connectivity index (χ1v) is 7.59. The number of rotatable bonds is 2. The number of ether oxygens (including phenoxy) is 1. The van der Waals surface area contributed by atoms with E-state index in [1.807, 2.05) is 48.5 Å². The molecule has 0 amide bonds. The fourth-order valence-corrected chi connectivity index (χ4v) is 3.38. The van der Waals surface area contributed by atoms with Crippen molar-refractivity contribution in [3.05, 3.63) is 71.8 Å². The van der Waals surface area contributed by atoms with Crippen LogP contribution >= 0.6 is 11.8 Å². The monoisotopic (exact) mass is 306 g/mol. The number of benzene rings is 3. The lowest BCUT2D eigenvalue weighted by molar-refractivity contribution is 0.0444. The lowest BCUT2D eigenvalue weighted by Gasteiger charge is -2.05. The Morgan fingerprint density at radius 1 is 0.682 bits per heavy atom. The molecule has 0 N–H and O–H groups in total. The lowest BCUT2D eigenvalue weighted by Crippen LogP contribution is -1.96. The maximum absolute atomic E-state index is 11.6. The lowest BCUT2D eigenvalue weighted by atomic mass is 10.0. The summed E-state index contributed by atoms with van der Waals surface area (Å²) in [7, 11) is 0. The van der Waals surface area contributed by atoms with Crippen molar-refractivity contribution < 1.29 is 14.3 Å². The van der Waals surface area contributed by atoms with Crippen LogP contribution < -0.4 is 0 Å². The van der Waals surface area contributed by atoms with Crippen molar-refractivity contribution in [2.24, 2.45) is 0 Å². The smallest absolute Gasteiger partial charge is 0.346 e. The van der Waals surface area contributed by atoms with Gasteiger partial charge in [-0.25, -0.2) is 9.59 Å². The van der Waals surface area contributed by atoms with Crippen molar-refractivity contribution in [1.82, 2.24) is 0 Å². The highest BCUT2D eigenvalue weighted by atomic mass is 32.2. The number of esters is 2. The maximum Gasteiger partial charge on any atom is 0.346 e. The zero-order valence-corrected chi connectivity index (χ0v) is 12.2. The average Bonchev–Trinajstić information content (AvgIpc) is 2.80. The summed E-state index contributed by atoms with van der Waals surface area (Å²) in [5.41, 5.74) is 0.695. The molecule has 0 saturated heterocycles. The molecule has 3 aromatic carbocycles. The molecule has 0 atom stereocenters. The highest BCUT2D eigenvalue weighted by molar-refractivity contribution is 7.99. The van der Waals surface area contributed by atoms with Gasteiger partial charge in [0.05, 0.1) is 11.1 Å². The summed E-state index contributed by atoms with van der Waals surface area (Å²) in [6.07, 6.45) is 0. The maximum atomic E-state index is 11.6. The minimum absolute atomic E-state index is 0.347. The first kappa shape index (κ1) is 13.1. The van der Waals surface area contributed by atoms with Crippen LogP contribution in [0.5, 0.6) is 0 Å². The van der Waals surface area contributed by atoms with Crippen molar-refractivity contribution in [2.45, 2.75) is 9.79 Å². The van der Waals surface area contributed by atoms with Crippen LogP contribution in [0.4, 0.5) is 0 Å². The highest BCUT2D eigenvalue weighted by Crippen LogP contribution is 2.32. The molecule has 22 heavy (non-hydrogen) atoms. The van der Waals surface area contributed by atoms with Crippen LogP contribution in [0.3, 0.4) is 0 Å². The number of hydrogen-bond donors (Lipinski definition) is 0. The Balaban J connectivity index is 1.78. The van der Waals surface area contributed by atoms with E-state index in [1.54, 1.807) is 23.9 Å². The van der Waals surface area contributed by atoms with Gasteiger partial charge in [-0.1, -0.05) is 36.0 Å². The summed E-state index contributed by atoms with van der Waals surface area (Å²) >= 11 is 1.65. The third kappa shape index (κ3) is 2.18. The molecule has 3 aromatic rings. The van der Waals surface area contributed by atoms with Gasteiger partial charge in [0.1, 0.15) is 0 Å². The largest absolute Gasteiger partial charge is 0.386 e. The van der Waals surface area contributed by atoms with Gasteiger partial charge in [-0.05, 0) is 47.2 Å². The Morgan fingerprint density at radius 2 is 1.36 bits per heavy atom. The fraction of sp³-hybridized carbons (Fsp3) is 0. The summed E-state index contributed by atoms with van der Waals surface area (Å²) in [6, 6.07) is 19.5. The molecule has 4 rings (SSSR count). The predicted molar refractivity (Wildman–Crippen MR) is 84.3 cm³/mol. The molecule has 0 aromatic heterocycles. The van der Waals surface area contributed by atoms with Crippen molar-refractivity contribution >= 4 is 34.5 Å². The summed E-state index contributed by atoms with van der Waals surface area (Å²) in [6.45, 7) is 0. The zero-order chi connectivity index (χ0) is 15.1. The van der Waals surface area contributed by atoms with Gasteiger partial charge in [0.25, 0.3) is 0 Å². The molecule has 0 aliphatic carbocycles. The van der Waals surface area contributed by atoms with Crippen molar-refractivity contribution in [1.29, 1.82) is 0 Å². The van der Waals surface area contributed by atoms with Gasteiger partial charge >= 0.3 is 11.9 Å². The van der Waals surface area contributed by atoms with Gasteiger partial charge in [-0.2, -0.15) is 0 Å². The molecule has 0 saturated carbocycles. The number of carbonyl (C=O) groups is 2. The Labute approximate surface area is 130 Å². The second-order valence-electron chi connectivity index (χ2n) is 5.00. The first-order valence-electron chi connectivity index (χ1n) is 6.78. The van der Waals surface area contributed by atoms with Crippen LogP contribution in [0, 0.1) is 0 Å². The molecule has 3 nitrogen and oxygen atoms in total. The van der Waals surface area contributed by atoms with Crippen LogP contribution in [0.2, 0.25) is 0 Å². The van der Waals surface area contributed by atoms with Gasteiger partial charge in [0.2, 0.25) is 0 Å². The van der Waals surface area contributed by atoms with Crippen molar-refractivity contribution in [2.75, 3.05) is 0 Å². The molecule has 1 aliphatic rings. The van der Waals surface area contributed by atoms with E-state index in [-0.39, 0.29) is 0 Å². The molecular formula is C18H10O3S. The number of cyclic esters (lactones) is 2. The minimum Gasteiger partial charge on any atom is -0.386 e. The molecule has 1 aliphatic heterocycles. The Kier molecular flexibility index (Phi) is 2.98. The zero-order valence-electron chi connectivity index (χ0n) is 11.4. The summed E-state index contributed by atoms with van der Waals surface area (Å²) in [4.78, 5) is 25.5. The van der Waals surface area contributed by atoms with Gasteiger partial charge < -0.3 is 4.74 Å². The molecule has 0 bridgehead atoms. The van der Waals surface area contributed by atoms with Crippen molar-refractivity contribution in [3.63, 3.8) is 0 Å². The normalized spacial score (nSPS) is 13.3. The van der Waals surface area contributed by atoms with Gasteiger partial charge in [-0.15, -0.1) is 0 Å². The van der Waals surface area contributed by atoms with Crippen LogP contribution in [0.15, 0.2) is 70.5 Å². The Bertz CT molecular complexity index is 916. The third-order valence-corrected chi connectivity index (χ3v) is 4.55. The van der Waals surface area contributed by atoms with E-state index >= 15 is 0 Å². The van der Waals surface area contributed by atoms with Crippen LogP contribution in [0.25, 0.3) is 10.8 Å². The molecule has 1 heterocycles. The van der Waals surface area contributed by atoms with E-state index in [1.165, 1.54) is 0 Å². The quantitative estimate of drug-likeness (QED) is 0.523. The Hall–Kier alpha value is -2.59. The predicted octanol–water partition coefficient (Wildman–Crippen LogP) is 4.30. The van der Waals surface area contributed by atoms with Gasteiger partial charge in [-0.3, -0.25) is 0 Å². The van der Waals surface area contributed by atoms with E-state index in [0.717, 1.165) is 20.6 Å². The number of fused-ring (bicyclic) bond motifs is 2. The summed E-state index contributed by atoms with van der Waals surface area (Å²) in [5, 5.41) is 1.84. The summed E-state index contributed by atoms with van der Waals surface area (Å²) < 4.78 is 4.65. The molecule has 0 radical (unpaired) electrons. The Morgan fingerprint density at radius 3 is 2.09 bits per heavy atom. The van der Waals surface area contributed by atoms with Gasteiger partial charge in [0, 0.05) is 9.79 Å². The average molecular weight is 306 g/mol. The number of carbonyl (C=O) groups excluding carboxylic acids is 2. The van der Waals surface area contributed by atoms with E-state index < -0.39 is 11.9 Å². The van der Waals surface area contributed by atoms with E-state index in [9.17, 15) is 9.59 Å². The van der Waals surface area contributed by atoms with Crippen LogP contribution in [0.1, 0.15) is 20.7 Å². The van der Waals surface area contributed by atoms with Crippen LogP contribution in [-0.2, 0) is 4.74 Å². The second-order valence-corrected chi connectivity index (χ2v) is 6.15. The first-order chi connectivity index (χ1) is 10.7.